The number of piperazine rings is 1. The smallest absolute Gasteiger partial charge is 0.490 e. The molecule has 5 aromatic rings. The summed E-state index contributed by atoms with van der Waals surface area (Å²) in [5.74, 6) is -6.40. The van der Waals surface area contributed by atoms with Gasteiger partial charge < -0.3 is 35.6 Å². The second kappa shape index (κ2) is 17.8. The summed E-state index contributed by atoms with van der Waals surface area (Å²) in [6, 6.07) is 15.4. The van der Waals surface area contributed by atoms with Crippen molar-refractivity contribution in [3.63, 3.8) is 0 Å². The molecule has 60 heavy (non-hydrogen) atoms. The Morgan fingerprint density at radius 2 is 1.50 bits per heavy atom. The van der Waals surface area contributed by atoms with E-state index in [0.29, 0.717) is 35.2 Å². The Morgan fingerprint density at radius 3 is 2.10 bits per heavy atom. The van der Waals surface area contributed by atoms with Gasteiger partial charge in [0, 0.05) is 42.5 Å². The van der Waals surface area contributed by atoms with Gasteiger partial charge in [0.1, 0.15) is 29.4 Å². The van der Waals surface area contributed by atoms with Crippen molar-refractivity contribution in [3.8, 4) is 23.0 Å². The minimum Gasteiger partial charge on any atom is -0.508 e. The number of carboxylic acid groups (broad SMARTS) is 2. The molecule has 2 aliphatic rings. The van der Waals surface area contributed by atoms with Gasteiger partial charge in [-0.25, -0.2) is 14.0 Å². The lowest BCUT2D eigenvalue weighted by molar-refractivity contribution is -0.193. The number of carbonyl (C=O) groups is 3. The number of fused-ring (bicyclic) bond motifs is 4. The van der Waals surface area contributed by atoms with Crippen molar-refractivity contribution in [2.45, 2.75) is 42.2 Å². The lowest BCUT2D eigenvalue weighted by Gasteiger charge is -2.34. The second-order valence-electron chi connectivity index (χ2n) is 12.9. The highest BCUT2D eigenvalue weighted by atomic mass is 32.3. The predicted molar refractivity (Wildman–Crippen MR) is 194 cm³/mol. The number of aromatic hydroxyl groups is 1. The monoisotopic (exact) mass is 874 g/mol. The molecule has 320 valence electrons. The third-order valence-electron chi connectivity index (χ3n) is 8.74. The van der Waals surface area contributed by atoms with Crippen LogP contribution in [0.1, 0.15) is 23.2 Å². The zero-order chi connectivity index (χ0) is 44.2. The maximum atomic E-state index is 16.5. The van der Waals surface area contributed by atoms with Gasteiger partial charge in [-0.2, -0.15) is 44.7 Å². The number of nitrogens with one attached hydrogen (secondary N) is 2. The number of aromatic nitrogens is 3. The lowest BCUT2D eigenvalue weighted by Crippen LogP contribution is -2.51. The number of carboxylic acids is 2. The van der Waals surface area contributed by atoms with Gasteiger partial charge in [-0.3, -0.25) is 9.78 Å². The number of benzene rings is 3. The third kappa shape index (κ3) is 11.0. The van der Waals surface area contributed by atoms with E-state index in [1.165, 1.54) is 18.2 Å². The first-order valence-electron chi connectivity index (χ1n) is 17.2. The van der Waals surface area contributed by atoms with Crippen LogP contribution in [0, 0.1) is 5.82 Å². The molecule has 24 heteroatoms. The molecule has 4 heterocycles. The Hall–Kier alpha value is -6.43. The van der Waals surface area contributed by atoms with Gasteiger partial charge in [-0.15, -0.1) is 3.89 Å². The summed E-state index contributed by atoms with van der Waals surface area (Å²) in [6.07, 6.45) is -6.58. The highest BCUT2D eigenvalue weighted by Crippen LogP contribution is 2.37. The number of pyridine rings is 1. The van der Waals surface area contributed by atoms with Crippen LogP contribution in [0.4, 0.5) is 40.4 Å². The zero-order valence-corrected chi connectivity index (χ0v) is 31.1. The highest BCUT2D eigenvalue weighted by Gasteiger charge is 2.39. The van der Waals surface area contributed by atoms with E-state index in [9.17, 15) is 48.5 Å². The normalized spacial score (nSPS) is 16.3. The van der Waals surface area contributed by atoms with Crippen LogP contribution >= 0.6 is 0 Å². The number of rotatable bonds is 8. The number of amides is 1. The molecule has 5 N–H and O–H groups in total. The van der Waals surface area contributed by atoms with Crippen LogP contribution < -0.4 is 20.3 Å². The van der Waals surface area contributed by atoms with Gasteiger partial charge in [0.15, 0.2) is 5.82 Å². The van der Waals surface area contributed by atoms with E-state index in [1.54, 1.807) is 12.3 Å². The largest absolute Gasteiger partial charge is 0.508 e. The molecule has 15 nitrogen and oxygen atoms in total. The Kier molecular flexibility index (Phi) is 13.3. The topological polar surface area (TPSA) is 221 Å². The molecule has 3 aromatic carbocycles. The lowest BCUT2D eigenvalue weighted by atomic mass is 10.0. The van der Waals surface area contributed by atoms with Crippen molar-refractivity contribution in [3.05, 3.63) is 78.2 Å². The average molecular weight is 875 g/mol. The molecule has 2 aliphatic heterocycles. The summed E-state index contributed by atoms with van der Waals surface area (Å²) in [7, 11) is -4.97. The molecule has 2 saturated heterocycles. The average Bonchev–Trinajstić information content (AvgIpc) is 3.52. The van der Waals surface area contributed by atoms with Crippen LogP contribution in [0.3, 0.4) is 0 Å². The van der Waals surface area contributed by atoms with Crippen LogP contribution in [0.25, 0.3) is 32.9 Å². The SMILES string of the molecule is O=C(NCCOc1nc(N2C[C@H]3CC[C@@H](C2)N3)c2cnc(-c3cc(O)cc4ccccc34)c(F)c2n1)c1cccc(S(=O)(=O)F)c1.O=C(O)C(F)(F)F.O=C(O)C(F)(F)F. The minimum atomic E-state index is -5.08. The number of carbonyl (C=O) groups excluding carboxylic acids is 1. The summed E-state index contributed by atoms with van der Waals surface area (Å²) in [6.45, 7) is 1.19. The van der Waals surface area contributed by atoms with Gasteiger partial charge in [-0.1, -0.05) is 30.3 Å². The number of alkyl halides is 6. The number of halogens is 8. The van der Waals surface area contributed by atoms with E-state index < -0.39 is 51.1 Å². The van der Waals surface area contributed by atoms with Gasteiger partial charge in [-0.05, 0) is 53.9 Å². The van der Waals surface area contributed by atoms with E-state index in [0.717, 1.165) is 30.4 Å². The Labute approximate surface area is 332 Å². The number of phenols is 1. The Bertz CT molecular complexity index is 2510. The van der Waals surface area contributed by atoms with Gasteiger partial charge in [0.05, 0.1) is 16.8 Å². The summed E-state index contributed by atoms with van der Waals surface area (Å²) in [5, 5.41) is 32.6. The molecule has 0 saturated carbocycles. The van der Waals surface area contributed by atoms with Crippen molar-refractivity contribution in [1.82, 2.24) is 25.6 Å². The molecular weight excluding hydrogens is 844 g/mol. The Morgan fingerprint density at radius 1 is 0.883 bits per heavy atom. The fourth-order valence-electron chi connectivity index (χ4n) is 6.17. The molecular formula is C36H30F8N6O9S. The van der Waals surface area contributed by atoms with E-state index in [-0.39, 0.29) is 53.8 Å². The molecule has 0 radical (unpaired) electrons. The van der Waals surface area contributed by atoms with E-state index in [4.69, 9.17) is 24.5 Å². The molecule has 2 atom stereocenters. The number of ether oxygens (including phenoxy) is 1. The number of aliphatic carboxylic acids is 2. The van der Waals surface area contributed by atoms with Gasteiger partial charge in [0.2, 0.25) is 0 Å². The summed E-state index contributed by atoms with van der Waals surface area (Å²) in [5.41, 5.74) is 0.375. The molecule has 2 aromatic heterocycles. The first-order chi connectivity index (χ1) is 28.0. The molecule has 0 unspecified atom stereocenters. The standard InChI is InChI=1S/C32H28F2N6O5S.2C2HF3O2/c33-27-28(25-14-22(41)12-18-4-1-2-7-24(18)25)36-15-26-29(27)38-32(39-30(26)40-16-20-8-9-21(17-40)37-20)45-11-10-35-31(42)19-5-3-6-23(13-19)46(34,43)44;2*3-2(4,5)1(6)7/h1-7,12-15,20-21,37,41H,8-11,16-17H2,(H,35,42);2*(H,6,7)/t20-,21+;;. The van der Waals surface area contributed by atoms with Crippen LogP contribution in [0.2, 0.25) is 0 Å². The first kappa shape index (κ1) is 44.7. The molecule has 2 fully saturated rings. The quantitative estimate of drug-likeness (QED) is 0.0753. The highest BCUT2D eigenvalue weighted by molar-refractivity contribution is 7.86. The molecule has 7 rings (SSSR count). The van der Waals surface area contributed by atoms with Crippen molar-refractivity contribution in [2.75, 3.05) is 31.1 Å². The fraction of sp³-hybridized carbons (Fsp3) is 0.278. The minimum absolute atomic E-state index is 0.00316. The molecule has 0 spiro atoms. The van der Waals surface area contributed by atoms with Crippen molar-refractivity contribution in [1.29, 1.82) is 0 Å². The maximum Gasteiger partial charge on any atom is 0.490 e. The maximum absolute atomic E-state index is 16.5. The van der Waals surface area contributed by atoms with Crippen molar-refractivity contribution < 1.29 is 77.5 Å². The van der Waals surface area contributed by atoms with E-state index in [1.807, 2.05) is 24.3 Å². The first-order valence-corrected chi connectivity index (χ1v) is 18.6. The number of hydrogen-bond donors (Lipinski definition) is 5. The summed E-state index contributed by atoms with van der Waals surface area (Å²) in [4.78, 5) is 45.4. The van der Waals surface area contributed by atoms with Crippen LogP contribution in [-0.2, 0) is 19.8 Å². The number of phenolic OH excluding ortho intramolecular Hbond substituents is 1. The summed E-state index contributed by atoms with van der Waals surface area (Å²) < 4.78 is 122. The zero-order valence-electron chi connectivity index (χ0n) is 30.3. The van der Waals surface area contributed by atoms with Crippen LogP contribution in [-0.4, -0.2) is 107 Å². The number of hydrogen-bond acceptors (Lipinski definition) is 12. The van der Waals surface area contributed by atoms with Crippen LogP contribution in [0.5, 0.6) is 11.8 Å². The number of anilines is 1. The van der Waals surface area contributed by atoms with Crippen molar-refractivity contribution in [2.24, 2.45) is 0 Å². The van der Waals surface area contributed by atoms with E-state index >= 15 is 4.39 Å². The Balaban J connectivity index is 0.000000420. The van der Waals surface area contributed by atoms with E-state index in [2.05, 4.69) is 30.5 Å². The van der Waals surface area contributed by atoms with Crippen molar-refractivity contribution >= 4 is 55.6 Å². The molecule has 0 aliphatic carbocycles. The number of nitrogens with zero attached hydrogens (tertiary/aromatic N) is 4. The molecule has 1 amide bonds. The third-order valence-corrected chi connectivity index (χ3v) is 9.56. The molecule has 2 bridgehead atoms. The van der Waals surface area contributed by atoms with Gasteiger partial charge >= 0.3 is 40.5 Å². The fourth-order valence-corrected chi connectivity index (χ4v) is 6.68. The van der Waals surface area contributed by atoms with Crippen LogP contribution in [0.15, 0.2) is 71.8 Å². The predicted octanol–water partition coefficient (Wildman–Crippen LogP) is 5.36. The summed E-state index contributed by atoms with van der Waals surface area (Å²) >= 11 is 0. The van der Waals surface area contributed by atoms with Gasteiger partial charge in [0.25, 0.3) is 5.91 Å². The second-order valence-corrected chi connectivity index (χ2v) is 14.3.